The van der Waals surface area contributed by atoms with Gasteiger partial charge in [0.25, 0.3) is 5.91 Å². The summed E-state index contributed by atoms with van der Waals surface area (Å²) >= 11 is 0. The van der Waals surface area contributed by atoms with Crippen molar-refractivity contribution in [2.24, 2.45) is 5.73 Å². The van der Waals surface area contributed by atoms with Crippen molar-refractivity contribution in [3.63, 3.8) is 0 Å². The minimum atomic E-state index is -0.635. The number of ether oxygens (including phenoxy) is 2. The molecule has 1 aromatic heterocycles. The molecule has 6 nitrogen and oxygen atoms in total. The molecule has 1 aromatic carbocycles. The zero-order valence-corrected chi connectivity index (χ0v) is 10.8. The van der Waals surface area contributed by atoms with Gasteiger partial charge in [0, 0.05) is 0 Å². The van der Waals surface area contributed by atoms with Gasteiger partial charge in [-0.3, -0.25) is 4.79 Å². The van der Waals surface area contributed by atoms with Gasteiger partial charge in [-0.05, 0) is 18.2 Å². The van der Waals surface area contributed by atoms with E-state index in [0.29, 0.717) is 12.3 Å². The third-order valence-corrected chi connectivity index (χ3v) is 2.47. The molecule has 0 aliphatic carbocycles. The molecule has 0 saturated carbocycles. The molecule has 2 rings (SSSR count). The van der Waals surface area contributed by atoms with Gasteiger partial charge in [0.05, 0.1) is 11.9 Å². The standard InChI is InChI=1S/C14H15N3O3/c15-10-8-12(13(16)18)14(17-9-10)20-7-6-19-11-4-2-1-3-5-11/h1-5,8-9H,6-7,15H2,(H2,16,18). The molecule has 1 heterocycles. The number of rotatable bonds is 6. The van der Waals surface area contributed by atoms with Crippen molar-refractivity contribution in [1.82, 2.24) is 4.98 Å². The first-order chi connectivity index (χ1) is 9.66. The molecule has 0 unspecified atom stereocenters. The van der Waals surface area contributed by atoms with Crippen LogP contribution in [-0.4, -0.2) is 24.1 Å². The summed E-state index contributed by atoms with van der Waals surface area (Å²) in [6.45, 7) is 0.570. The number of hydrogen-bond acceptors (Lipinski definition) is 5. The second-order valence-corrected chi connectivity index (χ2v) is 4.00. The smallest absolute Gasteiger partial charge is 0.254 e. The van der Waals surface area contributed by atoms with E-state index in [-0.39, 0.29) is 18.1 Å². The number of nitrogens with zero attached hydrogens (tertiary/aromatic N) is 1. The van der Waals surface area contributed by atoms with Crippen LogP contribution in [-0.2, 0) is 0 Å². The number of anilines is 1. The summed E-state index contributed by atoms with van der Waals surface area (Å²) in [5, 5.41) is 0. The SMILES string of the molecule is NC(=O)c1cc(N)cnc1OCCOc1ccccc1. The van der Waals surface area contributed by atoms with Gasteiger partial charge in [0.1, 0.15) is 24.5 Å². The van der Waals surface area contributed by atoms with E-state index in [9.17, 15) is 4.79 Å². The Balaban J connectivity index is 1.90. The summed E-state index contributed by atoms with van der Waals surface area (Å²) in [7, 11) is 0. The van der Waals surface area contributed by atoms with E-state index >= 15 is 0 Å². The number of nitrogen functional groups attached to an aromatic ring is 1. The van der Waals surface area contributed by atoms with E-state index in [1.54, 1.807) is 0 Å². The third-order valence-electron chi connectivity index (χ3n) is 2.47. The maximum absolute atomic E-state index is 11.2. The van der Waals surface area contributed by atoms with Crippen molar-refractivity contribution < 1.29 is 14.3 Å². The quantitative estimate of drug-likeness (QED) is 0.771. The van der Waals surface area contributed by atoms with Gasteiger partial charge in [-0.2, -0.15) is 0 Å². The molecular formula is C14H15N3O3. The first-order valence-corrected chi connectivity index (χ1v) is 6.03. The van der Waals surface area contributed by atoms with Gasteiger partial charge >= 0.3 is 0 Å². The zero-order valence-electron chi connectivity index (χ0n) is 10.8. The minimum absolute atomic E-state index is 0.156. The first kappa shape index (κ1) is 13.7. The number of para-hydroxylation sites is 1. The van der Waals surface area contributed by atoms with Crippen LogP contribution in [0.2, 0.25) is 0 Å². The molecular weight excluding hydrogens is 258 g/mol. The largest absolute Gasteiger partial charge is 0.490 e. The normalized spacial score (nSPS) is 10.0. The third kappa shape index (κ3) is 3.61. The number of pyridine rings is 1. The lowest BCUT2D eigenvalue weighted by Crippen LogP contribution is -2.16. The van der Waals surface area contributed by atoms with Crippen LogP contribution in [0.4, 0.5) is 5.69 Å². The Labute approximate surface area is 116 Å². The highest BCUT2D eigenvalue weighted by atomic mass is 16.5. The number of aromatic nitrogens is 1. The van der Waals surface area contributed by atoms with E-state index in [1.165, 1.54) is 12.3 Å². The molecule has 20 heavy (non-hydrogen) atoms. The molecule has 0 radical (unpaired) electrons. The Hall–Kier alpha value is -2.76. The molecule has 0 atom stereocenters. The van der Waals surface area contributed by atoms with Crippen LogP contribution in [0.15, 0.2) is 42.6 Å². The van der Waals surface area contributed by atoms with E-state index in [2.05, 4.69) is 4.98 Å². The Morgan fingerprint density at radius 2 is 1.85 bits per heavy atom. The van der Waals surface area contributed by atoms with E-state index in [0.717, 1.165) is 5.75 Å². The van der Waals surface area contributed by atoms with Crippen molar-refractivity contribution in [3.05, 3.63) is 48.2 Å². The monoisotopic (exact) mass is 273 g/mol. The van der Waals surface area contributed by atoms with Crippen LogP contribution < -0.4 is 20.9 Å². The summed E-state index contributed by atoms with van der Waals surface area (Å²) in [6.07, 6.45) is 1.40. The fraction of sp³-hybridized carbons (Fsp3) is 0.143. The molecule has 0 aliphatic rings. The van der Waals surface area contributed by atoms with Crippen LogP contribution in [0.5, 0.6) is 11.6 Å². The molecule has 104 valence electrons. The Morgan fingerprint density at radius 1 is 1.15 bits per heavy atom. The number of benzene rings is 1. The Morgan fingerprint density at radius 3 is 2.55 bits per heavy atom. The van der Waals surface area contributed by atoms with Gasteiger partial charge in [-0.1, -0.05) is 18.2 Å². The Kier molecular flexibility index (Phi) is 4.39. The van der Waals surface area contributed by atoms with E-state index in [1.807, 2.05) is 30.3 Å². The van der Waals surface area contributed by atoms with Gasteiger partial charge in [-0.25, -0.2) is 4.98 Å². The van der Waals surface area contributed by atoms with Crippen LogP contribution in [0.1, 0.15) is 10.4 Å². The molecule has 0 fully saturated rings. The molecule has 0 saturated heterocycles. The van der Waals surface area contributed by atoms with Crippen LogP contribution >= 0.6 is 0 Å². The van der Waals surface area contributed by atoms with Gasteiger partial charge in [-0.15, -0.1) is 0 Å². The average molecular weight is 273 g/mol. The highest BCUT2D eigenvalue weighted by Crippen LogP contribution is 2.17. The number of primary amides is 1. The van der Waals surface area contributed by atoms with Crippen LogP contribution in [0, 0.1) is 0 Å². The topological polar surface area (TPSA) is 100 Å². The molecule has 6 heteroatoms. The second-order valence-electron chi connectivity index (χ2n) is 4.00. The van der Waals surface area contributed by atoms with Crippen molar-refractivity contribution in [3.8, 4) is 11.6 Å². The molecule has 4 N–H and O–H groups in total. The zero-order chi connectivity index (χ0) is 14.4. The molecule has 0 aliphatic heterocycles. The van der Waals surface area contributed by atoms with Gasteiger partial charge in [0.15, 0.2) is 0 Å². The summed E-state index contributed by atoms with van der Waals surface area (Å²) < 4.78 is 10.8. The van der Waals surface area contributed by atoms with Crippen molar-refractivity contribution >= 4 is 11.6 Å². The molecule has 1 amide bonds. The van der Waals surface area contributed by atoms with Crippen LogP contribution in [0.3, 0.4) is 0 Å². The number of amides is 1. The fourth-order valence-corrected chi connectivity index (χ4v) is 1.57. The van der Waals surface area contributed by atoms with E-state index in [4.69, 9.17) is 20.9 Å². The predicted octanol–water partition coefficient (Wildman–Crippen LogP) is 1.22. The average Bonchev–Trinajstić information content (AvgIpc) is 2.45. The summed E-state index contributed by atoms with van der Waals surface area (Å²) in [4.78, 5) is 15.2. The van der Waals surface area contributed by atoms with Gasteiger partial charge in [0.2, 0.25) is 5.88 Å². The molecule has 2 aromatic rings. The number of hydrogen-bond donors (Lipinski definition) is 2. The number of carbonyl (C=O) groups is 1. The van der Waals surface area contributed by atoms with Crippen molar-refractivity contribution in [2.75, 3.05) is 18.9 Å². The lowest BCUT2D eigenvalue weighted by molar-refractivity contribution is 0.0994. The Bertz CT molecular complexity index is 587. The highest BCUT2D eigenvalue weighted by molar-refractivity contribution is 5.95. The van der Waals surface area contributed by atoms with Crippen molar-refractivity contribution in [1.29, 1.82) is 0 Å². The molecule has 0 spiro atoms. The highest BCUT2D eigenvalue weighted by Gasteiger charge is 2.11. The summed E-state index contributed by atoms with van der Waals surface area (Å²) in [5.74, 6) is 0.267. The van der Waals surface area contributed by atoms with Crippen LogP contribution in [0.25, 0.3) is 0 Å². The van der Waals surface area contributed by atoms with Crippen molar-refractivity contribution in [2.45, 2.75) is 0 Å². The lowest BCUT2D eigenvalue weighted by Gasteiger charge is -2.10. The minimum Gasteiger partial charge on any atom is -0.490 e. The number of carbonyl (C=O) groups excluding carboxylic acids is 1. The number of nitrogens with two attached hydrogens (primary N) is 2. The van der Waals surface area contributed by atoms with E-state index < -0.39 is 5.91 Å². The fourth-order valence-electron chi connectivity index (χ4n) is 1.57. The maximum Gasteiger partial charge on any atom is 0.254 e. The summed E-state index contributed by atoms with van der Waals surface area (Å²) in [6, 6.07) is 10.8. The molecule has 0 bridgehead atoms. The predicted molar refractivity (Wildman–Crippen MR) is 74.6 cm³/mol. The summed E-state index contributed by atoms with van der Waals surface area (Å²) in [5.41, 5.74) is 11.3. The lowest BCUT2D eigenvalue weighted by atomic mass is 10.2. The van der Waals surface area contributed by atoms with Gasteiger partial charge < -0.3 is 20.9 Å². The second kappa shape index (κ2) is 6.42. The maximum atomic E-state index is 11.2. The first-order valence-electron chi connectivity index (χ1n) is 6.03.